The number of nitrogens with zero attached hydrogens (tertiary/aromatic N) is 3. The van der Waals surface area contributed by atoms with Crippen molar-refractivity contribution in [2.75, 3.05) is 45.9 Å². The maximum atomic E-state index is 13.8. The highest BCUT2D eigenvalue weighted by atomic mass is 16.5. The zero-order valence-electron chi connectivity index (χ0n) is 21.3. The molecule has 7 heteroatoms. The molecule has 3 heterocycles. The summed E-state index contributed by atoms with van der Waals surface area (Å²) in [4.78, 5) is 31.3. The largest absolute Gasteiger partial charge is 0.487 e. The minimum absolute atomic E-state index is 0.153. The second-order valence-electron chi connectivity index (χ2n) is 9.74. The Kier molecular flexibility index (Phi) is 8.99. The Bertz CT molecular complexity index is 1030. The van der Waals surface area contributed by atoms with Gasteiger partial charge in [-0.3, -0.25) is 14.5 Å². The van der Waals surface area contributed by atoms with Gasteiger partial charge < -0.3 is 18.9 Å². The monoisotopic (exact) mass is 481 g/mol. The molecule has 0 unspecified atom stereocenters. The van der Waals surface area contributed by atoms with E-state index in [-0.39, 0.29) is 23.5 Å². The normalized spacial score (nSPS) is 17.6. The van der Waals surface area contributed by atoms with E-state index in [1.54, 1.807) is 6.07 Å². The van der Waals surface area contributed by atoms with Crippen LogP contribution in [0.25, 0.3) is 0 Å². The third-order valence-electron chi connectivity index (χ3n) is 7.12. The molecule has 7 nitrogen and oxygen atoms in total. The maximum Gasteiger partial charge on any atom is 0.259 e. The summed E-state index contributed by atoms with van der Waals surface area (Å²) in [5.74, 6) is 0.577. The van der Waals surface area contributed by atoms with Crippen molar-refractivity contribution in [1.82, 2.24) is 14.4 Å². The minimum atomic E-state index is -0.209. The van der Waals surface area contributed by atoms with Crippen molar-refractivity contribution in [3.63, 3.8) is 0 Å². The number of benzene rings is 1. The molecular weight excluding hydrogens is 442 g/mol. The molecule has 2 aliphatic heterocycles. The van der Waals surface area contributed by atoms with E-state index in [0.717, 1.165) is 75.5 Å². The van der Waals surface area contributed by atoms with Crippen LogP contribution < -0.4 is 10.2 Å². The molecule has 35 heavy (non-hydrogen) atoms. The summed E-state index contributed by atoms with van der Waals surface area (Å²) < 4.78 is 13.7. The molecule has 190 valence electrons. The standard InChI is InChI=1S/C28H39N3O4/c1-22-8-10-24(11-9-22)35-21-25-27(28(33)30-12-6-4-3-5-7-13-30)26(32)20-23(2)31(25)15-14-29-16-18-34-19-17-29/h8-11,20H,3-7,12-19,21H2,1-2H3. The molecule has 4 rings (SSSR count). The van der Waals surface area contributed by atoms with Gasteiger partial charge in [-0.2, -0.15) is 0 Å². The van der Waals surface area contributed by atoms with Gasteiger partial charge in [0.15, 0.2) is 5.43 Å². The average Bonchev–Trinajstić information content (AvgIpc) is 2.83. The number of ether oxygens (including phenoxy) is 2. The topological polar surface area (TPSA) is 64.0 Å². The molecule has 0 atom stereocenters. The van der Waals surface area contributed by atoms with Gasteiger partial charge >= 0.3 is 0 Å². The van der Waals surface area contributed by atoms with Crippen LogP contribution in [0.15, 0.2) is 35.1 Å². The van der Waals surface area contributed by atoms with Gasteiger partial charge in [0, 0.05) is 51.0 Å². The van der Waals surface area contributed by atoms with E-state index in [1.165, 1.54) is 6.42 Å². The van der Waals surface area contributed by atoms with E-state index in [1.807, 2.05) is 43.0 Å². The van der Waals surface area contributed by atoms with Crippen molar-refractivity contribution in [2.45, 2.75) is 59.1 Å². The van der Waals surface area contributed by atoms with E-state index >= 15 is 0 Å². The van der Waals surface area contributed by atoms with Crippen LogP contribution in [-0.4, -0.2) is 66.2 Å². The molecule has 1 aromatic carbocycles. The molecule has 2 fully saturated rings. The molecule has 0 aliphatic carbocycles. The Balaban J connectivity index is 1.65. The molecule has 0 N–H and O–H groups in total. The number of aryl methyl sites for hydroxylation is 2. The summed E-state index contributed by atoms with van der Waals surface area (Å²) in [5.41, 5.74) is 2.75. The van der Waals surface area contributed by atoms with Crippen molar-refractivity contribution in [2.24, 2.45) is 0 Å². The SMILES string of the molecule is Cc1ccc(OCc2c(C(=O)N3CCCCCCC3)c(=O)cc(C)n2CCN2CCOCC2)cc1. The summed E-state index contributed by atoms with van der Waals surface area (Å²) in [5, 5.41) is 0. The molecule has 0 bridgehead atoms. The number of carbonyl (C=O) groups is 1. The van der Waals surface area contributed by atoms with Gasteiger partial charge in [0.25, 0.3) is 5.91 Å². The number of likely N-dealkylation sites (tertiary alicyclic amines) is 1. The number of aromatic nitrogens is 1. The fraction of sp³-hybridized carbons (Fsp3) is 0.571. The van der Waals surface area contributed by atoms with Crippen molar-refractivity contribution in [3.8, 4) is 5.75 Å². The van der Waals surface area contributed by atoms with Crippen LogP contribution in [0.3, 0.4) is 0 Å². The zero-order valence-corrected chi connectivity index (χ0v) is 21.3. The van der Waals surface area contributed by atoms with Crippen molar-refractivity contribution >= 4 is 5.91 Å². The zero-order chi connectivity index (χ0) is 24.6. The Morgan fingerprint density at radius 1 is 0.914 bits per heavy atom. The number of amides is 1. The Labute approximate surface area is 208 Å². The van der Waals surface area contributed by atoms with Gasteiger partial charge in [0.2, 0.25) is 0 Å². The summed E-state index contributed by atoms with van der Waals surface area (Å²) in [6.45, 7) is 10.4. The summed E-state index contributed by atoms with van der Waals surface area (Å²) in [7, 11) is 0. The quantitative estimate of drug-likeness (QED) is 0.602. The average molecular weight is 482 g/mol. The number of pyridine rings is 1. The lowest BCUT2D eigenvalue weighted by Gasteiger charge is -2.29. The third kappa shape index (κ3) is 6.73. The van der Waals surface area contributed by atoms with E-state index < -0.39 is 0 Å². The molecule has 0 saturated carbocycles. The first-order chi connectivity index (χ1) is 17.0. The smallest absolute Gasteiger partial charge is 0.259 e. The van der Waals surface area contributed by atoms with Crippen LogP contribution in [0.4, 0.5) is 0 Å². The number of carbonyl (C=O) groups excluding carboxylic acids is 1. The Hall–Kier alpha value is -2.64. The van der Waals surface area contributed by atoms with Crippen LogP contribution in [-0.2, 0) is 17.9 Å². The predicted octanol–water partition coefficient (Wildman–Crippen LogP) is 3.78. The number of morpholine rings is 1. The van der Waals surface area contributed by atoms with Gasteiger partial charge in [-0.1, -0.05) is 37.0 Å². The first-order valence-corrected chi connectivity index (χ1v) is 13.0. The summed E-state index contributed by atoms with van der Waals surface area (Å²) in [6.07, 6.45) is 5.45. The van der Waals surface area contributed by atoms with Gasteiger partial charge in [0.05, 0.1) is 18.9 Å². The molecule has 2 aromatic rings. The fourth-order valence-corrected chi connectivity index (χ4v) is 4.98. The van der Waals surface area contributed by atoms with E-state index in [4.69, 9.17) is 9.47 Å². The lowest BCUT2D eigenvalue weighted by molar-refractivity contribution is 0.0361. The lowest BCUT2D eigenvalue weighted by atomic mass is 10.1. The minimum Gasteiger partial charge on any atom is -0.487 e. The van der Waals surface area contributed by atoms with Gasteiger partial charge in [-0.15, -0.1) is 0 Å². The van der Waals surface area contributed by atoms with Crippen LogP contribution >= 0.6 is 0 Å². The lowest BCUT2D eigenvalue weighted by Crippen LogP contribution is -2.40. The predicted molar refractivity (Wildman–Crippen MR) is 137 cm³/mol. The first-order valence-electron chi connectivity index (χ1n) is 13.0. The van der Waals surface area contributed by atoms with Crippen LogP contribution in [0.5, 0.6) is 5.75 Å². The molecule has 1 aromatic heterocycles. The fourth-order valence-electron chi connectivity index (χ4n) is 4.98. The third-order valence-corrected chi connectivity index (χ3v) is 7.12. The Morgan fingerprint density at radius 2 is 1.57 bits per heavy atom. The number of hydrogen-bond donors (Lipinski definition) is 0. The molecule has 2 saturated heterocycles. The summed E-state index contributed by atoms with van der Waals surface area (Å²) in [6, 6.07) is 9.49. The van der Waals surface area contributed by atoms with Crippen molar-refractivity contribution < 1.29 is 14.3 Å². The molecule has 0 spiro atoms. The molecular formula is C28H39N3O4. The highest BCUT2D eigenvalue weighted by Crippen LogP contribution is 2.19. The second kappa shape index (κ2) is 12.4. The van der Waals surface area contributed by atoms with Crippen LogP contribution in [0, 0.1) is 13.8 Å². The van der Waals surface area contributed by atoms with Crippen LogP contribution in [0.1, 0.15) is 59.4 Å². The van der Waals surface area contributed by atoms with Gasteiger partial charge in [0.1, 0.15) is 17.9 Å². The number of hydrogen-bond acceptors (Lipinski definition) is 5. The van der Waals surface area contributed by atoms with Gasteiger partial charge in [-0.05, 0) is 38.8 Å². The van der Waals surface area contributed by atoms with E-state index in [9.17, 15) is 9.59 Å². The van der Waals surface area contributed by atoms with E-state index in [0.29, 0.717) is 25.3 Å². The van der Waals surface area contributed by atoms with Crippen molar-refractivity contribution in [1.29, 1.82) is 0 Å². The Morgan fingerprint density at radius 3 is 2.26 bits per heavy atom. The number of rotatable bonds is 7. The van der Waals surface area contributed by atoms with Gasteiger partial charge in [-0.25, -0.2) is 0 Å². The highest BCUT2D eigenvalue weighted by Gasteiger charge is 2.26. The van der Waals surface area contributed by atoms with Crippen molar-refractivity contribution in [3.05, 3.63) is 63.1 Å². The molecule has 0 radical (unpaired) electrons. The molecule has 2 aliphatic rings. The summed E-state index contributed by atoms with van der Waals surface area (Å²) >= 11 is 0. The molecule has 1 amide bonds. The van der Waals surface area contributed by atoms with E-state index in [2.05, 4.69) is 9.47 Å². The highest BCUT2D eigenvalue weighted by molar-refractivity contribution is 5.95. The second-order valence-corrected chi connectivity index (χ2v) is 9.74. The maximum absolute atomic E-state index is 13.8. The first kappa shape index (κ1) is 25.5. The van der Waals surface area contributed by atoms with Crippen LogP contribution in [0.2, 0.25) is 0 Å².